The molecular weight excluding hydrogens is 1690 g/mol. The third-order valence-corrected chi connectivity index (χ3v) is 24.7. The van der Waals surface area contributed by atoms with Crippen molar-refractivity contribution in [2.24, 2.45) is 0 Å². The topological polar surface area (TPSA) is 207 Å². The number of fused-ring (bicyclic) bond motifs is 4. The number of aromatic nitrogens is 8. The Morgan fingerprint density at radius 2 is 0.543 bits per heavy atom. The van der Waals surface area contributed by atoms with Gasteiger partial charge >= 0.3 is 0 Å². The molecule has 16 aromatic rings. The van der Waals surface area contributed by atoms with Crippen LogP contribution in [0.3, 0.4) is 0 Å². The van der Waals surface area contributed by atoms with Gasteiger partial charge in [0.15, 0.2) is 24.8 Å². The first-order chi connectivity index (χ1) is 62.5. The Labute approximate surface area is 738 Å². The van der Waals surface area contributed by atoms with E-state index in [1.165, 1.54) is 85.3 Å². The van der Waals surface area contributed by atoms with Crippen LogP contribution in [0.5, 0.6) is 0 Å². The minimum atomic E-state index is -0.907. The SMILES string of the molecule is Cc1ccccc1-c1c2nc(C3CCNCC3)cc(-c3ccc(F)cc3F)c2cc[n+]1[O-].[O-][n+]1ccc2c(-c3ccc(F)cc3F)cc(C3CCNCC3)nc2c1-c1c(F)cccc1F.[O-][n+]1ccc2c(-c3ccc(F)cc3F)cc(C3CCNCC3)nc2c1-c1ccccc1Cl.[O-][n+]1ccc2c(-c3ccc(F)cc3F)cc(C3CCNCC3)nc2c1-c1ccccc1F. The summed E-state index contributed by atoms with van der Waals surface area (Å²) in [5.74, 6) is -7.32. The van der Waals surface area contributed by atoms with Crippen LogP contribution in [0.15, 0.2) is 237 Å². The van der Waals surface area contributed by atoms with Crippen LogP contribution in [-0.2, 0) is 0 Å². The molecule has 0 amide bonds. The third-order valence-electron chi connectivity index (χ3n) is 24.4. The molecule has 8 aromatic heterocycles. The highest BCUT2D eigenvalue weighted by molar-refractivity contribution is 6.33. The molecule has 8 aromatic carbocycles. The van der Waals surface area contributed by atoms with Crippen LogP contribution in [0.2, 0.25) is 5.02 Å². The van der Waals surface area contributed by atoms with Crippen molar-refractivity contribution in [2.75, 3.05) is 52.4 Å². The summed E-state index contributed by atoms with van der Waals surface area (Å²) in [4.78, 5) is 19.3. The lowest BCUT2D eigenvalue weighted by molar-refractivity contribution is -0.592. The van der Waals surface area contributed by atoms with Crippen molar-refractivity contribution >= 4 is 55.2 Å². The molecule has 4 fully saturated rings. The van der Waals surface area contributed by atoms with Crippen LogP contribution < -0.4 is 40.2 Å². The Hall–Kier alpha value is -13.4. The van der Waals surface area contributed by atoms with Crippen molar-refractivity contribution in [3.63, 3.8) is 0 Å². The molecule has 0 spiro atoms. The average molecular weight is 1770 g/mol. The molecule has 16 nitrogen and oxygen atoms in total. The fourth-order valence-corrected chi connectivity index (χ4v) is 18.1. The zero-order valence-corrected chi connectivity index (χ0v) is 70.1. The minimum absolute atomic E-state index is 0.0107. The molecule has 12 heterocycles. The van der Waals surface area contributed by atoms with E-state index in [-0.39, 0.29) is 62.8 Å². The molecule has 4 N–H and O–H groups in total. The van der Waals surface area contributed by atoms with E-state index in [0.717, 1.165) is 184 Å². The second kappa shape index (κ2) is 38.2. The molecule has 20 rings (SSSR count). The van der Waals surface area contributed by atoms with Gasteiger partial charge in [0.2, 0.25) is 0 Å². The zero-order valence-electron chi connectivity index (χ0n) is 69.4. The molecule has 0 aliphatic carbocycles. The Bertz CT molecular complexity index is 6470. The fraction of sp³-hybridized carbons (Fsp3) is 0.208. The lowest BCUT2D eigenvalue weighted by atomic mass is 9.90. The predicted octanol–water partition coefficient (Wildman–Crippen LogP) is 21.2. The van der Waals surface area contributed by atoms with Gasteiger partial charge in [0.25, 0.3) is 22.8 Å². The number of rotatable bonds is 12. The second-order valence-corrected chi connectivity index (χ2v) is 32.8. The van der Waals surface area contributed by atoms with E-state index >= 15 is 0 Å². The Balaban J connectivity index is 0.000000121. The zero-order chi connectivity index (χ0) is 89.8. The molecule has 129 heavy (non-hydrogen) atoms. The molecule has 0 radical (unpaired) electrons. The number of hydrogen-bond acceptors (Lipinski definition) is 12. The second-order valence-electron chi connectivity index (χ2n) is 32.4. The summed E-state index contributed by atoms with van der Waals surface area (Å²) in [6.07, 6.45) is 12.0. The summed E-state index contributed by atoms with van der Waals surface area (Å²) in [7, 11) is 0. The number of aryl methyl sites for hydroxylation is 1. The van der Waals surface area contributed by atoms with E-state index in [1.807, 2.05) is 49.4 Å². The van der Waals surface area contributed by atoms with Crippen molar-refractivity contribution in [1.82, 2.24) is 41.2 Å². The van der Waals surface area contributed by atoms with Crippen molar-refractivity contribution in [2.45, 2.75) is 82.0 Å². The molecule has 4 aliphatic rings. The van der Waals surface area contributed by atoms with Gasteiger partial charge in [0.1, 0.15) is 91.6 Å². The van der Waals surface area contributed by atoms with Crippen LogP contribution in [0, 0.1) is 91.7 Å². The summed E-state index contributed by atoms with van der Waals surface area (Å²) in [5.41, 5.74) is 9.67. The number of hydrogen-bond donors (Lipinski definition) is 4. The van der Waals surface area contributed by atoms with Gasteiger partial charge in [-0.15, -0.1) is 0 Å². The Morgan fingerprint density at radius 1 is 0.271 bits per heavy atom. The summed E-state index contributed by atoms with van der Waals surface area (Å²) >= 11 is 6.43. The first-order valence-corrected chi connectivity index (χ1v) is 42.8. The van der Waals surface area contributed by atoms with Gasteiger partial charge in [0.05, 0.1) is 21.7 Å². The van der Waals surface area contributed by atoms with Gasteiger partial charge in [-0.3, -0.25) is 0 Å². The van der Waals surface area contributed by atoms with Crippen LogP contribution in [0.1, 0.15) is 103 Å². The standard InChI is InChI=1S/C26H23F2N3O.C25H20ClF2N3O.C25H19F4N3O.C25H20F3N3O/c1-16-4-2-3-5-19(16)26-25-21(10-13-31(26)32)22(20-7-6-18(27)14-23(20)28)15-24(30-25)17-8-11-29-12-9-17;26-21-4-2-1-3-19(21)25-24-18(9-12-31(25)32)20(17-6-5-16(27)13-22(17)28)14-23(30-24)15-7-10-29-11-8-15;26-15-4-5-16(21(29)12-15)18-13-22(14-6-9-30-10-7-14)31-24-17(18)8-11-32(33)25(24)23-19(27)2-1-3-20(23)28;26-16-5-6-17(22(28)13-16)20-14-23(15-7-10-29-11-8-15)30-24-18(20)9-12-31(32)25(24)19-3-1-2-4-21(19)27/h2-7,10,13-15,17,29H,8-9,11-12H2,1H3;1-6,9,12-15,29H,7-8,10-11H2;1-5,8,11-14,30H,6-7,9-10H2;1-6,9,12-15,29H,7-8,10-11H2. The van der Waals surface area contributed by atoms with E-state index in [1.54, 1.807) is 60.7 Å². The minimum Gasteiger partial charge on any atom is -0.618 e. The number of benzene rings is 8. The number of nitrogens with zero attached hydrogens (tertiary/aromatic N) is 8. The first-order valence-electron chi connectivity index (χ1n) is 42.4. The molecular formula is C101H82ClF11N12O4. The smallest absolute Gasteiger partial charge is 0.256 e. The molecule has 654 valence electrons. The maximum absolute atomic E-state index is 14.9. The van der Waals surface area contributed by atoms with Crippen LogP contribution in [-0.4, -0.2) is 72.3 Å². The summed E-state index contributed by atoms with van der Waals surface area (Å²) in [5, 5.41) is 67.3. The lowest BCUT2D eigenvalue weighted by Gasteiger charge is -2.23. The van der Waals surface area contributed by atoms with Gasteiger partial charge in [-0.1, -0.05) is 60.1 Å². The molecule has 0 saturated carbocycles. The van der Waals surface area contributed by atoms with E-state index in [9.17, 15) is 69.1 Å². The van der Waals surface area contributed by atoms with Crippen molar-refractivity contribution < 1.29 is 67.2 Å². The van der Waals surface area contributed by atoms with Crippen LogP contribution in [0.25, 0.3) is 133 Å². The van der Waals surface area contributed by atoms with Gasteiger partial charge in [-0.25, -0.2) is 68.2 Å². The van der Waals surface area contributed by atoms with Crippen molar-refractivity contribution in [1.29, 1.82) is 0 Å². The van der Waals surface area contributed by atoms with E-state index in [2.05, 4.69) is 26.3 Å². The highest BCUT2D eigenvalue weighted by Crippen LogP contribution is 2.45. The molecule has 0 bridgehead atoms. The summed E-state index contributed by atoms with van der Waals surface area (Å²) < 4.78 is 160. The van der Waals surface area contributed by atoms with Crippen LogP contribution >= 0.6 is 11.6 Å². The number of halogens is 12. The molecule has 0 unspecified atom stereocenters. The van der Waals surface area contributed by atoms with Gasteiger partial charge in [-0.2, -0.15) is 18.9 Å². The van der Waals surface area contributed by atoms with Gasteiger partial charge in [-0.05, 0) is 254 Å². The highest BCUT2D eigenvalue weighted by Gasteiger charge is 2.33. The van der Waals surface area contributed by atoms with Crippen LogP contribution in [0.4, 0.5) is 48.3 Å². The van der Waals surface area contributed by atoms with Gasteiger partial charge < -0.3 is 42.1 Å². The fourth-order valence-electron chi connectivity index (χ4n) is 17.8. The summed E-state index contributed by atoms with van der Waals surface area (Å²) in [6, 6.07) is 51.5. The molecule has 4 saturated heterocycles. The molecule has 28 heteroatoms. The molecule has 0 atom stereocenters. The number of nitrogens with one attached hydrogen (secondary N) is 4. The predicted molar refractivity (Wildman–Crippen MR) is 475 cm³/mol. The van der Waals surface area contributed by atoms with Crippen molar-refractivity contribution in [3.8, 4) is 89.5 Å². The number of pyridine rings is 8. The quantitative estimate of drug-likeness (QED) is 0.0512. The van der Waals surface area contributed by atoms with E-state index < -0.39 is 69.6 Å². The van der Waals surface area contributed by atoms with Gasteiger partial charge in [0, 0.05) is 139 Å². The normalized spacial score (nSPS) is 14.7. The largest absolute Gasteiger partial charge is 0.618 e. The summed E-state index contributed by atoms with van der Waals surface area (Å²) in [6.45, 7) is 8.59. The third kappa shape index (κ3) is 18.3. The first kappa shape index (κ1) is 87.6. The monoisotopic (exact) mass is 1770 g/mol. The Morgan fingerprint density at radius 3 is 0.860 bits per heavy atom. The van der Waals surface area contributed by atoms with Crippen molar-refractivity contribution in [3.05, 3.63) is 355 Å². The highest BCUT2D eigenvalue weighted by atomic mass is 35.5. The average Bonchev–Trinajstić information content (AvgIpc) is 0.759. The van der Waals surface area contributed by atoms with E-state index in [4.69, 9.17) is 26.6 Å². The Kier molecular flexibility index (Phi) is 26.0. The maximum atomic E-state index is 14.9. The van der Waals surface area contributed by atoms with E-state index in [0.29, 0.717) is 109 Å². The lowest BCUT2D eigenvalue weighted by Crippen LogP contribution is -2.30. The molecule has 4 aliphatic heterocycles. The maximum Gasteiger partial charge on any atom is 0.256 e. The number of piperidine rings is 4.